The zero-order valence-corrected chi connectivity index (χ0v) is 9.77. The summed E-state index contributed by atoms with van der Waals surface area (Å²) in [6, 6.07) is 0.410. The van der Waals surface area contributed by atoms with E-state index in [9.17, 15) is 0 Å². The van der Waals surface area contributed by atoms with Crippen molar-refractivity contribution in [2.75, 3.05) is 31.6 Å². The first-order chi connectivity index (χ1) is 7.38. The van der Waals surface area contributed by atoms with Gasteiger partial charge >= 0.3 is 0 Å². The van der Waals surface area contributed by atoms with E-state index in [1.807, 2.05) is 0 Å². The Morgan fingerprint density at radius 3 is 3.33 bits per heavy atom. The van der Waals surface area contributed by atoms with E-state index in [2.05, 4.69) is 27.9 Å². The SMILES string of the molecule is CCc1csc(NCC2COCCN2)n1. The summed E-state index contributed by atoms with van der Waals surface area (Å²) >= 11 is 1.67. The molecule has 15 heavy (non-hydrogen) atoms. The second-order valence-corrected chi connectivity index (χ2v) is 4.46. The van der Waals surface area contributed by atoms with E-state index in [1.54, 1.807) is 11.3 Å². The maximum absolute atomic E-state index is 5.38. The van der Waals surface area contributed by atoms with Gasteiger partial charge in [0, 0.05) is 24.5 Å². The van der Waals surface area contributed by atoms with E-state index in [0.717, 1.165) is 43.5 Å². The van der Waals surface area contributed by atoms with Crippen molar-refractivity contribution < 1.29 is 4.74 Å². The van der Waals surface area contributed by atoms with Gasteiger partial charge in [0.2, 0.25) is 0 Å². The molecule has 0 aromatic carbocycles. The van der Waals surface area contributed by atoms with Gasteiger partial charge in [-0.2, -0.15) is 0 Å². The number of nitrogens with zero attached hydrogens (tertiary/aromatic N) is 1. The number of ether oxygens (including phenoxy) is 1. The minimum Gasteiger partial charge on any atom is -0.378 e. The molecule has 2 rings (SSSR count). The van der Waals surface area contributed by atoms with E-state index >= 15 is 0 Å². The minimum absolute atomic E-state index is 0.410. The largest absolute Gasteiger partial charge is 0.378 e. The predicted molar refractivity (Wildman–Crippen MR) is 62.6 cm³/mol. The van der Waals surface area contributed by atoms with Crippen LogP contribution in [0, 0.1) is 0 Å². The summed E-state index contributed by atoms with van der Waals surface area (Å²) in [6.07, 6.45) is 1.00. The van der Waals surface area contributed by atoms with E-state index in [1.165, 1.54) is 0 Å². The van der Waals surface area contributed by atoms with Crippen molar-refractivity contribution in [3.05, 3.63) is 11.1 Å². The second-order valence-electron chi connectivity index (χ2n) is 3.60. The van der Waals surface area contributed by atoms with Crippen LogP contribution in [0.25, 0.3) is 0 Å². The van der Waals surface area contributed by atoms with Crippen LogP contribution in [0.1, 0.15) is 12.6 Å². The van der Waals surface area contributed by atoms with Crippen LogP contribution in [0.2, 0.25) is 0 Å². The molecule has 1 aliphatic rings. The summed E-state index contributed by atoms with van der Waals surface area (Å²) in [4.78, 5) is 4.45. The quantitative estimate of drug-likeness (QED) is 0.809. The smallest absolute Gasteiger partial charge is 0.182 e. The third-order valence-corrected chi connectivity index (χ3v) is 3.26. The van der Waals surface area contributed by atoms with Gasteiger partial charge in [-0.3, -0.25) is 0 Å². The van der Waals surface area contributed by atoms with Gasteiger partial charge in [-0.15, -0.1) is 11.3 Å². The second kappa shape index (κ2) is 5.44. The highest BCUT2D eigenvalue weighted by atomic mass is 32.1. The highest BCUT2D eigenvalue weighted by Gasteiger charge is 2.12. The Labute approximate surface area is 94.1 Å². The average molecular weight is 227 g/mol. The molecule has 4 nitrogen and oxygen atoms in total. The van der Waals surface area contributed by atoms with Crippen LogP contribution in [0.3, 0.4) is 0 Å². The Kier molecular flexibility index (Phi) is 3.94. The molecule has 0 spiro atoms. The van der Waals surface area contributed by atoms with Crippen LogP contribution in [0.4, 0.5) is 5.13 Å². The average Bonchev–Trinajstić information content (AvgIpc) is 2.76. The van der Waals surface area contributed by atoms with Crippen molar-refractivity contribution in [1.29, 1.82) is 0 Å². The summed E-state index contributed by atoms with van der Waals surface area (Å²) < 4.78 is 5.38. The first-order valence-corrected chi connectivity index (χ1v) is 6.26. The number of hydrogen-bond acceptors (Lipinski definition) is 5. The van der Waals surface area contributed by atoms with Gasteiger partial charge in [-0.1, -0.05) is 6.92 Å². The number of aromatic nitrogens is 1. The van der Waals surface area contributed by atoms with E-state index in [4.69, 9.17) is 4.74 Å². The summed E-state index contributed by atoms with van der Waals surface area (Å²) in [5, 5.41) is 9.85. The molecule has 0 saturated carbocycles. The van der Waals surface area contributed by atoms with Gasteiger partial charge in [0.05, 0.1) is 18.9 Å². The normalized spacial score (nSPS) is 21.5. The molecule has 0 aliphatic carbocycles. The molecule has 0 radical (unpaired) electrons. The van der Waals surface area contributed by atoms with Crippen molar-refractivity contribution >= 4 is 16.5 Å². The third kappa shape index (κ3) is 3.15. The molecule has 1 fully saturated rings. The molecule has 1 aliphatic heterocycles. The molecular weight excluding hydrogens is 210 g/mol. The maximum atomic E-state index is 5.38. The molecule has 1 unspecified atom stereocenters. The zero-order valence-electron chi connectivity index (χ0n) is 8.95. The number of thiazole rings is 1. The van der Waals surface area contributed by atoms with Crippen LogP contribution in [-0.4, -0.2) is 37.3 Å². The van der Waals surface area contributed by atoms with E-state index in [0.29, 0.717) is 6.04 Å². The van der Waals surface area contributed by atoms with E-state index < -0.39 is 0 Å². The number of nitrogens with one attached hydrogen (secondary N) is 2. The molecule has 1 aromatic heterocycles. The van der Waals surface area contributed by atoms with Gasteiger partial charge in [0.1, 0.15) is 0 Å². The lowest BCUT2D eigenvalue weighted by molar-refractivity contribution is 0.0806. The molecule has 2 N–H and O–H groups in total. The molecule has 5 heteroatoms. The maximum Gasteiger partial charge on any atom is 0.182 e. The number of morpholine rings is 1. The van der Waals surface area contributed by atoms with Crippen molar-refractivity contribution in [1.82, 2.24) is 10.3 Å². The fourth-order valence-electron chi connectivity index (χ4n) is 1.51. The van der Waals surface area contributed by atoms with Gasteiger partial charge in [-0.25, -0.2) is 4.98 Å². The first kappa shape index (κ1) is 10.9. The Morgan fingerprint density at radius 1 is 1.73 bits per heavy atom. The zero-order chi connectivity index (χ0) is 10.5. The summed E-state index contributed by atoms with van der Waals surface area (Å²) in [5.74, 6) is 0. The minimum atomic E-state index is 0.410. The fraction of sp³-hybridized carbons (Fsp3) is 0.700. The molecule has 0 amide bonds. The lowest BCUT2D eigenvalue weighted by Crippen LogP contribution is -2.45. The molecule has 2 heterocycles. The highest BCUT2D eigenvalue weighted by Crippen LogP contribution is 2.15. The van der Waals surface area contributed by atoms with E-state index in [-0.39, 0.29) is 0 Å². The Balaban J connectivity index is 1.76. The Hall–Kier alpha value is -0.650. The van der Waals surface area contributed by atoms with Crippen LogP contribution in [0.15, 0.2) is 5.38 Å². The van der Waals surface area contributed by atoms with Gasteiger partial charge in [-0.05, 0) is 6.42 Å². The fourth-order valence-corrected chi connectivity index (χ4v) is 2.32. The summed E-state index contributed by atoms with van der Waals surface area (Å²) in [6.45, 7) is 5.57. The monoisotopic (exact) mass is 227 g/mol. The lowest BCUT2D eigenvalue weighted by atomic mass is 10.3. The Morgan fingerprint density at radius 2 is 2.67 bits per heavy atom. The summed E-state index contributed by atoms with van der Waals surface area (Å²) in [5.41, 5.74) is 1.16. The van der Waals surface area contributed by atoms with Gasteiger partial charge in [0.25, 0.3) is 0 Å². The lowest BCUT2D eigenvalue weighted by Gasteiger charge is -2.23. The van der Waals surface area contributed by atoms with Crippen molar-refractivity contribution in [2.45, 2.75) is 19.4 Å². The van der Waals surface area contributed by atoms with Crippen LogP contribution < -0.4 is 10.6 Å². The third-order valence-electron chi connectivity index (χ3n) is 2.41. The van der Waals surface area contributed by atoms with Crippen molar-refractivity contribution in [2.24, 2.45) is 0 Å². The van der Waals surface area contributed by atoms with Crippen LogP contribution in [0.5, 0.6) is 0 Å². The summed E-state index contributed by atoms with van der Waals surface area (Å²) in [7, 11) is 0. The molecular formula is C10H17N3OS. The topological polar surface area (TPSA) is 46.2 Å². The predicted octanol–water partition coefficient (Wildman–Crippen LogP) is 1.11. The van der Waals surface area contributed by atoms with Crippen molar-refractivity contribution in [3.63, 3.8) is 0 Å². The number of rotatable bonds is 4. The molecule has 1 atom stereocenters. The molecule has 1 aromatic rings. The van der Waals surface area contributed by atoms with Crippen LogP contribution in [-0.2, 0) is 11.2 Å². The Bertz CT molecular complexity index is 297. The van der Waals surface area contributed by atoms with Gasteiger partial charge < -0.3 is 15.4 Å². The van der Waals surface area contributed by atoms with Crippen molar-refractivity contribution in [3.8, 4) is 0 Å². The standard InChI is InChI=1S/C10H17N3OS/c1-2-8-7-15-10(13-8)12-5-9-6-14-4-3-11-9/h7,9,11H,2-6H2,1H3,(H,12,13). The molecule has 0 bridgehead atoms. The number of anilines is 1. The van der Waals surface area contributed by atoms with Crippen LogP contribution >= 0.6 is 11.3 Å². The molecule has 1 saturated heterocycles. The molecule has 84 valence electrons. The number of aryl methyl sites for hydroxylation is 1. The first-order valence-electron chi connectivity index (χ1n) is 5.38. The van der Waals surface area contributed by atoms with Gasteiger partial charge in [0.15, 0.2) is 5.13 Å². The number of hydrogen-bond donors (Lipinski definition) is 2. The highest BCUT2D eigenvalue weighted by molar-refractivity contribution is 7.13.